The molecule has 0 atom stereocenters. The molecule has 118 valence electrons. The maximum absolute atomic E-state index is 13.9. The molecule has 1 aromatic rings. The summed E-state index contributed by atoms with van der Waals surface area (Å²) in [6.07, 6.45) is 3.37. The number of hydrogen-bond acceptors (Lipinski definition) is 4. The summed E-state index contributed by atoms with van der Waals surface area (Å²) in [7, 11) is -4.07. The van der Waals surface area contributed by atoms with Crippen molar-refractivity contribution in [3.8, 4) is 0 Å². The van der Waals surface area contributed by atoms with E-state index in [1.165, 1.54) is 0 Å². The van der Waals surface area contributed by atoms with Gasteiger partial charge in [-0.15, -0.1) is 0 Å². The molecule has 1 aliphatic carbocycles. The first-order chi connectivity index (χ1) is 9.80. The first kappa shape index (κ1) is 16.5. The smallest absolute Gasteiger partial charge is 0.243 e. The Kier molecular flexibility index (Phi) is 4.77. The van der Waals surface area contributed by atoms with Gasteiger partial charge in [0.15, 0.2) is 5.82 Å². The fraction of sp³-hybridized carbons (Fsp3) is 0.538. The number of aliphatic hydroxyl groups excluding tert-OH is 1. The molecular formula is C13H18ClFN2O3S. The number of hydrogen-bond donors (Lipinski definition) is 3. The lowest BCUT2D eigenvalue weighted by Gasteiger charge is -2.26. The van der Waals surface area contributed by atoms with Gasteiger partial charge in [-0.1, -0.05) is 24.4 Å². The molecule has 0 spiro atoms. The molecule has 1 saturated carbocycles. The average Bonchev–Trinajstić information content (AvgIpc) is 2.90. The average molecular weight is 337 g/mol. The Hall–Kier alpha value is -0.890. The number of rotatable bonds is 5. The minimum absolute atomic E-state index is 0.0672. The lowest BCUT2D eigenvalue weighted by molar-refractivity contribution is 0.134. The second-order valence-corrected chi connectivity index (χ2v) is 7.65. The van der Waals surface area contributed by atoms with Crippen molar-refractivity contribution in [3.05, 3.63) is 23.0 Å². The minimum atomic E-state index is -4.07. The molecule has 0 bridgehead atoms. The third-order valence-electron chi connectivity index (χ3n) is 3.94. The lowest BCUT2D eigenvalue weighted by Crippen LogP contribution is -2.38. The number of aliphatic hydroxyl groups is 1. The van der Waals surface area contributed by atoms with E-state index in [0.29, 0.717) is 0 Å². The summed E-state index contributed by atoms with van der Waals surface area (Å²) in [6.45, 7) is -0.0343. The van der Waals surface area contributed by atoms with Crippen LogP contribution in [0.15, 0.2) is 17.0 Å². The Labute approximate surface area is 128 Å². The molecule has 5 nitrogen and oxygen atoms in total. The van der Waals surface area contributed by atoms with Crippen molar-refractivity contribution in [2.75, 3.05) is 18.9 Å². The molecule has 4 N–H and O–H groups in total. The van der Waals surface area contributed by atoms with E-state index < -0.39 is 26.2 Å². The highest BCUT2D eigenvalue weighted by atomic mass is 35.5. The van der Waals surface area contributed by atoms with Crippen LogP contribution in [-0.4, -0.2) is 26.7 Å². The maximum atomic E-state index is 13.9. The van der Waals surface area contributed by atoms with E-state index in [2.05, 4.69) is 4.72 Å². The summed E-state index contributed by atoms with van der Waals surface area (Å²) in [5.74, 6) is -1.03. The summed E-state index contributed by atoms with van der Waals surface area (Å²) in [6, 6.07) is 2.19. The summed E-state index contributed by atoms with van der Waals surface area (Å²) < 4.78 is 40.7. The van der Waals surface area contributed by atoms with Crippen LogP contribution in [0.25, 0.3) is 0 Å². The number of nitrogens with one attached hydrogen (secondary N) is 1. The zero-order valence-corrected chi connectivity index (χ0v) is 13.0. The number of sulfonamides is 1. The number of nitrogens with two attached hydrogens (primary N) is 1. The van der Waals surface area contributed by atoms with E-state index in [1.54, 1.807) is 0 Å². The third-order valence-corrected chi connectivity index (χ3v) is 5.62. The Morgan fingerprint density at radius 1 is 1.38 bits per heavy atom. The van der Waals surface area contributed by atoms with Crippen LogP contribution < -0.4 is 10.5 Å². The van der Waals surface area contributed by atoms with Gasteiger partial charge >= 0.3 is 0 Å². The SMILES string of the molecule is Nc1cc(Cl)c(F)c(S(=O)(=O)NCC2(CO)CCCC2)c1. The van der Waals surface area contributed by atoms with Gasteiger partial charge in [0.25, 0.3) is 0 Å². The van der Waals surface area contributed by atoms with Crippen LogP contribution >= 0.6 is 11.6 Å². The van der Waals surface area contributed by atoms with Gasteiger partial charge in [0.2, 0.25) is 10.0 Å². The first-order valence-corrected chi connectivity index (χ1v) is 8.51. The van der Waals surface area contributed by atoms with Crippen molar-refractivity contribution in [3.63, 3.8) is 0 Å². The molecule has 2 rings (SSSR count). The number of anilines is 1. The highest BCUT2D eigenvalue weighted by Gasteiger charge is 2.35. The molecule has 1 aromatic carbocycles. The van der Waals surface area contributed by atoms with Gasteiger partial charge in [-0.25, -0.2) is 17.5 Å². The van der Waals surface area contributed by atoms with E-state index >= 15 is 0 Å². The molecule has 0 aromatic heterocycles. The third kappa shape index (κ3) is 3.48. The summed E-state index contributed by atoms with van der Waals surface area (Å²) in [5, 5.41) is 9.14. The molecule has 1 aliphatic rings. The van der Waals surface area contributed by atoms with Gasteiger partial charge in [0, 0.05) is 24.3 Å². The van der Waals surface area contributed by atoms with Crippen molar-refractivity contribution in [1.29, 1.82) is 0 Å². The maximum Gasteiger partial charge on any atom is 0.243 e. The predicted octanol–water partition coefficient (Wildman–Crippen LogP) is 1.89. The molecular weight excluding hydrogens is 319 g/mol. The summed E-state index contributed by atoms with van der Waals surface area (Å²) in [5.41, 5.74) is 5.12. The summed E-state index contributed by atoms with van der Waals surface area (Å²) >= 11 is 5.62. The largest absolute Gasteiger partial charge is 0.399 e. The highest BCUT2D eigenvalue weighted by molar-refractivity contribution is 7.89. The number of benzene rings is 1. The van der Waals surface area contributed by atoms with E-state index in [0.717, 1.165) is 37.8 Å². The van der Waals surface area contributed by atoms with Gasteiger partial charge in [-0.05, 0) is 25.0 Å². The molecule has 0 aliphatic heterocycles. The van der Waals surface area contributed by atoms with Crippen LogP contribution in [0.4, 0.5) is 10.1 Å². The Morgan fingerprint density at radius 2 is 2.00 bits per heavy atom. The fourth-order valence-electron chi connectivity index (χ4n) is 2.62. The molecule has 0 heterocycles. The standard InChI is InChI=1S/C13H18ClFN2O3S/c14-10-5-9(16)6-11(12(10)15)21(19,20)17-7-13(8-18)3-1-2-4-13/h5-6,17-18H,1-4,7-8,16H2. The van der Waals surface area contributed by atoms with Crippen molar-refractivity contribution in [1.82, 2.24) is 4.72 Å². The summed E-state index contributed by atoms with van der Waals surface area (Å²) in [4.78, 5) is -0.571. The zero-order valence-electron chi connectivity index (χ0n) is 11.4. The molecule has 8 heteroatoms. The van der Waals surface area contributed by atoms with Crippen molar-refractivity contribution in [2.45, 2.75) is 30.6 Å². The van der Waals surface area contributed by atoms with E-state index in [4.69, 9.17) is 17.3 Å². The fourth-order valence-corrected chi connectivity index (χ4v) is 4.19. The van der Waals surface area contributed by atoms with E-state index in [1.807, 2.05) is 0 Å². The van der Waals surface area contributed by atoms with Crippen molar-refractivity contribution >= 4 is 27.3 Å². The Balaban J connectivity index is 2.23. The monoisotopic (exact) mass is 336 g/mol. The molecule has 0 unspecified atom stereocenters. The van der Waals surface area contributed by atoms with Gasteiger partial charge < -0.3 is 10.8 Å². The lowest BCUT2D eigenvalue weighted by atomic mass is 9.88. The van der Waals surface area contributed by atoms with Crippen LogP contribution in [0.5, 0.6) is 0 Å². The highest BCUT2D eigenvalue weighted by Crippen LogP contribution is 2.37. The Morgan fingerprint density at radius 3 is 2.57 bits per heavy atom. The van der Waals surface area contributed by atoms with Crippen LogP contribution in [-0.2, 0) is 10.0 Å². The van der Waals surface area contributed by atoms with Gasteiger partial charge in [-0.3, -0.25) is 0 Å². The normalized spacial score (nSPS) is 18.0. The molecule has 21 heavy (non-hydrogen) atoms. The van der Waals surface area contributed by atoms with E-state index in [9.17, 15) is 17.9 Å². The zero-order chi connectivity index (χ0) is 15.7. The molecule has 0 radical (unpaired) electrons. The molecule has 0 amide bonds. The Bertz CT molecular complexity index is 631. The van der Waals surface area contributed by atoms with Gasteiger partial charge in [-0.2, -0.15) is 0 Å². The number of halogens is 2. The van der Waals surface area contributed by atoms with Crippen LogP contribution in [0.3, 0.4) is 0 Å². The van der Waals surface area contributed by atoms with Crippen molar-refractivity contribution < 1.29 is 17.9 Å². The molecule has 0 saturated heterocycles. The van der Waals surface area contributed by atoms with Crippen LogP contribution in [0, 0.1) is 11.2 Å². The quantitative estimate of drug-likeness (QED) is 0.716. The van der Waals surface area contributed by atoms with Crippen LogP contribution in [0.1, 0.15) is 25.7 Å². The predicted molar refractivity (Wildman–Crippen MR) is 79.0 cm³/mol. The number of nitrogen functional groups attached to an aromatic ring is 1. The van der Waals surface area contributed by atoms with Gasteiger partial charge in [0.05, 0.1) is 5.02 Å². The first-order valence-electron chi connectivity index (χ1n) is 6.65. The van der Waals surface area contributed by atoms with Gasteiger partial charge in [0.1, 0.15) is 4.90 Å². The van der Waals surface area contributed by atoms with Crippen LogP contribution in [0.2, 0.25) is 5.02 Å². The molecule has 1 fully saturated rings. The topological polar surface area (TPSA) is 92.4 Å². The van der Waals surface area contributed by atoms with E-state index in [-0.39, 0.29) is 23.9 Å². The second-order valence-electron chi connectivity index (χ2n) is 5.50. The van der Waals surface area contributed by atoms with Crippen molar-refractivity contribution in [2.24, 2.45) is 5.41 Å². The minimum Gasteiger partial charge on any atom is -0.399 e. The second kappa shape index (κ2) is 6.08.